The molecule has 0 bridgehead atoms. The molecule has 3 unspecified atom stereocenters. The smallest absolute Gasteiger partial charge is 0.324 e. The molecule has 0 spiro atoms. The van der Waals surface area contributed by atoms with Gasteiger partial charge in [0, 0.05) is 0 Å². The third-order valence-corrected chi connectivity index (χ3v) is 2.71. The molecule has 1 rings (SSSR count). The van der Waals surface area contributed by atoms with Gasteiger partial charge >= 0.3 is 6.18 Å². The highest BCUT2D eigenvalue weighted by Gasteiger charge is 2.47. The monoisotopic (exact) mass is 235 g/mol. The number of rotatable bonds is 3. The van der Waals surface area contributed by atoms with E-state index >= 15 is 0 Å². The van der Waals surface area contributed by atoms with E-state index in [0.717, 1.165) is 11.6 Å². The minimum atomic E-state index is -4.29. The summed E-state index contributed by atoms with van der Waals surface area (Å²) in [4.78, 5) is 4.81. The van der Waals surface area contributed by atoms with Crippen LogP contribution < -0.4 is 5.06 Å². The van der Waals surface area contributed by atoms with Crippen LogP contribution in [0.1, 0.15) is 13.8 Å². The molecule has 1 heterocycles. The normalized spacial score (nSPS) is 27.8. The lowest BCUT2D eigenvalue weighted by atomic mass is 9.96. The summed E-state index contributed by atoms with van der Waals surface area (Å²) in [6.45, 7) is 3.80. The third-order valence-electron chi connectivity index (χ3n) is 2.71. The zero-order chi connectivity index (χ0) is 12.3. The van der Waals surface area contributed by atoms with Crippen LogP contribution in [0.3, 0.4) is 0 Å². The molecule has 3 atom stereocenters. The largest absolute Gasteiger partial charge is 0.448 e. The Morgan fingerprint density at radius 1 is 1.50 bits per heavy atom. The molecular weight excluding hydrogens is 219 g/mol. The van der Waals surface area contributed by atoms with Gasteiger partial charge < -0.3 is 6.42 Å². The molecule has 1 aliphatic heterocycles. The van der Waals surface area contributed by atoms with Gasteiger partial charge in [-0.05, 0) is 11.6 Å². The van der Waals surface area contributed by atoms with Crippen molar-refractivity contribution in [2.24, 2.45) is 5.92 Å². The van der Waals surface area contributed by atoms with Crippen molar-refractivity contribution in [1.82, 2.24) is 0 Å². The molecule has 1 aliphatic rings. The van der Waals surface area contributed by atoms with Crippen molar-refractivity contribution in [3.63, 3.8) is 0 Å². The Labute approximate surface area is 93.3 Å². The fourth-order valence-corrected chi connectivity index (χ4v) is 1.54. The van der Waals surface area contributed by atoms with Crippen molar-refractivity contribution in [2.45, 2.75) is 26.1 Å². The fourth-order valence-electron chi connectivity index (χ4n) is 1.54. The van der Waals surface area contributed by atoms with Gasteiger partial charge in [-0.1, -0.05) is 13.0 Å². The van der Waals surface area contributed by atoms with Crippen LogP contribution in [-0.4, -0.2) is 19.3 Å². The van der Waals surface area contributed by atoms with Gasteiger partial charge in [-0.2, -0.15) is 25.2 Å². The molecule has 0 amide bonds. The van der Waals surface area contributed by atoms with E-state index < -0.39 is 12.2 Å². The lowest BCUT2D eigenvalue weighted by molar-refractivity contribution is -1.07. The van der Waals surface area contributed by atoms with E-state index in [-0.39, 0.29) is 11.0 Å². The van der Waals surface area contributed by atoms with Crippen LogP contribution in [0.4, 0.5) is 13.2 Å². The zero-order valence-electron chi connectivity index (χ0n) is 9.51. The first-order valence-corrected chi connectivity index (χ1v) is 5.07. The van der Waals surface area contributed by atoms with Crippen molar-refractivity contribution in [2.75, 3.05) is 7.11 Å². The zero-order valence-corrected chi connectivity index (χ0v) is 9.51. The number of nitrogens with one attached hydrogen (secondary N) is 1. The standard InChI is InChI=1S/C11H15F3NO/c1-4-8(2)9-5-6-10(11(12,13)14)15(7-9)16-3/h4-8,10H,1-3H3/q-1/p+1. The van der Waals surface area contributed by atoms with Crippen molar-refractivity contribution >= 4 is 0 Å². The van der Waals surface area contributed by atoms with Crippen LogP contribution in [-0.2, 0) is 4.84 Å². The first-order valence-electron chi connectivity index (χ1n) is 5.07. The van der Waals surface area contributed by atoms with Crippen molar-refractivity contribution in [3.05, 3.63) is 30.3 Å². The number of halogens is 3. The minimum absolute atomic E-state index is 0.0429. The highest BCUT2D eigenvalue weighted by Crippen LogP contribution is 2.23. The van der Waals surface area contributed by atoms with Crippen molar-refractivity contribution in [1.29, 1.82) is 0 Å². The Morgan fingerprint density at radius 3 is 2.56 bits per heavy atom. The molecule has 16 heavy (non-hydrogen) atoms. The lowest BCUT2D eigenvalue weighted by Crippen LogP contribution is -3.12. The highest BCUT2D eigenvalue weighted by atomic mass is 19.4. The second-order valence-corrected chi connectivity index (χ2v) is 3.75. The predicted molar refractivity (Wildman–Crippen MR) is 54.2 cm³/mol. The predicted octanol–water partition coefficient (Wildman–Crippen LogP) is 1.68. The summed E-state index contributed by atoms with van der Waals surface area (Å²) < 4.78 is 37.8. The average Bonchev–Trinajstić information content (AvgIpc) is 2.25. The van der Waals surface area contributed by atoms with E-state index in [4.69, 9.17) is 4.84 Å². The Kier molecular flexibility index (Phi) is 4.15. The van der Waals surface area contributed by atoms with Gasteiger partial charge in [0.25, 0.3) is 0 Å². The number of hydrogen-bond donors (Lipinski definition) is 1. The SMILES string of the molecule is C[CH-]C(C)C1=C[NH+](OC)C(C(F)(F)F)C=C1. The summed E-state index contributed by atoms with van der Waals surface area (Å²) in [5.41, 5.74) is 0.833. The maximum absolute atomic E-state index is 12.6. The van der Waals surface area contributed by atoms with E-state index in [0.29, 0.717) is 0 Å². The average molecular weight is 235 g/mol. The second kappa shape index (κ2) is 5.01. The quantitative estimate of drug-likeness (QED) is 0.735. The van der Waals surface area contributed by atoms with Crippen LogP contribution in [0.2, 0.25) is 0 Å². The van der Waals surface area contributed by atoms with E-state index in [9.17, 15) is 13.2 Å². The van der Waals surface area contributed by atoms with Gasteiger partial charge in [0.05, 0.1) is 7.11 Å². The van der Waals surface area contributed by atoms with Gasteiger partial charge in [0.2, 0.25) is 6.04 Å². The van der Waals surface area contributed by atoms with E-state index in [1.807, 2.05) is 20.3 Å². The van der Waals surface area contributed by atoms with Gasteiger partial charge in [-0.15, -0.1) is 5.92 Å². The third kappa shape index (κ3) is 2.86. The number of hydrogen-bond acceptors (Lipinski definition) is 1. The van der Waals surface area contributed by atoms with Crippen LogP contribution in [0.15, 0.2) is 23.9 Å². The molecule has 0 aromatic rings. The van der Waals surface area contributed by atoms with Crippen molar-refractivity contribution in [3.8, 4) is 0 Å². The molecule has 0 saturated carbocycles. The van der Waals surface area contributed by atoms with Gasteiger partial charge in [-0.3, -0.25) is 0 Å². The van der Waals surface area contributed by atoms with Crippen LogP contribution >= 0.6 is 0 Å². The summed E-state index contributed by atoms with van der Waals surface area (Å²) >= 11 is 0. The summed E-state index contributed by atoms with van der Waals surface area (Å²) in [6.07, 6.45) is 1.78. The molecule has 0 fully saturated rings. The van der Waals surface area contributed by atoms with Crippen LogP contribution in [0.5, 0.6) is 0 Å². The molecule has 0 aliphatic carbocycles. The Morgan fingerprint density at radius 2 is 2.12 bits per heavy atom. The van der Waals surface area contributed by atoms with Crippen LogP contribution in [0, 0.1) is 12.3 Å². The topological polar surface area (TPSA) is 13.7 Å². The molecule has 2 nitrogen and oxygen atoms in total. The first-order chi connectivity index (χ1) is 7.40. The second-order valence-electron chi connectivity index (χ2n) is 3.75. The first kappa shape index (κ1) is 13.3. The van der Waals surface area contributed by atoms with E-state index in [2.05, 4.69) is 0 Å². The number of alkyl halides is 3. The summed E-state index contributed by atoms with van der Waals surface area (Å²) in [6, 6.07) is -1.62. The molecule has 0 radical (unpaired) electrons. The number of hydroxylamine groups is 2. The van der Waals surface area contributed by atoms with Gasteiger partial charge in [0.1, 0.15) is 6.20 Å². The molecule has 5 heteroatoms. The molecule has 92 valence electrons. The fraction of sp³-hybridized carbons (Fsp3) is 0.545. The van der Waals surface area contributed by atoms with E-state index in [1.165, 1.54) is 19.4 Å². The van der Waals surface area contributed by atoms with E-state index in [1.54, 1.807) is 0 Å². The van der Waals surface area contributed by atoms with Gasteiger partial charge in [-0.25, -0.2) is 4.84 Å². The molecule has 0 saturated heterocycles. The number of quaternary nitrogens is 1. The summed E-state index contributed by atoms with van der Waals surface area (Å²) in [7, 11) is 1.27. The molecule has 0 aromatic heterocycles. The summed E-state index contributed by atoms with van der Waals surface area (Å²) in [5.74, 6) is 0.121. The molecule has 0 aromatic carbocycles. The van der Waals surface area contributed by atoms with Crippen LogP contribution in [0.25, 0.3) is 0 Å². The molecular formula is C11H16F3NO. The maximum Gasteiger partial charge on any atom is 0.448 e. The summed E-state index contributed by atoms with van der Waals surface area (Å²) in [5, 5.41) is -0.0429. The molecule has 1 N–H and O–H groups in total. The minimum Gasteiger partial charge on any atom is -0.324 e. The lowest BCUT2D eigenvalue weighted by Gasteiger charge is -2.28. The number of allylic oxidation sites excluding steroid dienone is 2. The maximum atomic E-state index is 12.6. The Bertz CT molecular complexity index is 296. The Balaban J connectivity index is 2.87. The van der Waals surface area contributed by atoms with Gasteiger partial charge in [0.15, 0.2) is 0 Å². The highest BCUT2D eigenvalue weighted by molar-refractivity contribution is 5.24. The van der Waals surface area contributed by atoms with Crippen molar-refractivity contribution < 1.29 is 23.1 Å². The Hall–Kier alpha value is -0.810.